The quantitative estimate of drug-likeness (QED) is 0.678. The SMILES string of the molecule is Cc1[nH]c2ccc(F)cc2c1CC(=O)NCc1ccc(CN2CCCC2)cc1. The molecule has 2 aromatic carbocycles. The first kappa shape index (κ1) is 18.7. The number of benzene rings is 2. The van der Waals surface area contributed by atoms with Gasteiger partial charge in [0.1, 0.15) is 5.82 Å². The van der Waals surface area contributed by atoms with Crippen molar-refractivity contribution in [3.8, 4) is 0 Å². The fourth-order valence-electron chi connectivity index (χ4n) is 3.97. The Morgan fingerprint density at radius 3 is 2.57 bits per heavy atom. The van der Waals surface area contributed by atoms with Gasteiger partial charge in [0.25, 0.3) is 0 Å². The molecule has 5 heteroatoms. The van der Waals surface area contributed by atoms with Crippen LogP contribution < -0.4 is 5.32 Å². The van der Waals surface area contributed by atoms with E-state index in [2.05, 4.69) is 39.5 Å². The van der Waals surface area contributed by atoms with Gasteiger partial charge in [0.2, 0.25) is 5.91 Å². The lowest BCUT2D eigenvalue weighted by molar-refractivity contribution is -0.120. The summed E-state index contributed by atoms with van der Waals surface area (Å²) in [6, 6.07) is 13.1. The average Bonchev–Trinajstić information content (AvgIpc) is 3.30. The Morgan fingerprint density at radius 2 is 1.82 bits per heavy atom. The molecule has 146 valence electrons. The molecule has 4 rings (SSSR count). The highest BCUT2D eigenvalue weighted by atomic mass is 19.1. The van der Waals surface area contributed by atoms with E-state index in [9.17, 15) is 9.18 Å². The van der Waals surface area contributed by atoms with Gasteiger partial charge in [-0.3, -0.25) is 9.69 Å². The van der Waals surface area contributed by atoms with Crippen LogP contribution in [0.5, 0.6) is 0 Å². The summed E-state index contributed by atoms with van der Waals surface area (Å²) in [6.45, 7) is 5.80. The van der Waals surface area contributed by atoms with Gasteiger partial charge in [-0.2, -0.15) is 0 Å². The van der Waals surface area contributed by atoms with Crippen molar-refractivity contribution < 1.29 is 9.18 Å². The summed E-state index contributed by atoms with van der Waals surface area (Å²) >= 11 is 0. The van der Waals surface area contributed by atoms with Crippen molar-refractivity contribution in [3.05, 3.63) is 70.7 Å². The van der Waals surface area contributed by atoms with Gasteiger partial charge < -0.3 is 10.3 Å². The zero-order valence-electron chi connectivity index (χ0n) is 16.2. The lowest BCUT2D eigenvalue weighted by Gasteiger charge is -2.14. The Bertz CT molecular complexity index is 971. The lowest BCUT2D eigenvalue weighted by Crippen LogP contribution is -2.24. The van der Waals surface area contributed by atoms with Crippen LogP contribution in [-0.2, 0) is 24.3 Å². The monoisotopic (exact) mass is 379 g/mol. The van der Waals surface area contributed by atoms with E-state index in [4.69, 9.17) is 0 Å². The molecule has 1 aliphatic heterocycles. The number of aromatic nitrogens is 1. The second-order valence-corrected chi connectivity index (χ2v) is 7.67. The Kier molecular flexibility index (Phi) is 5.44. The van der Waals surface area contributed by atoms with Crippen molar-refractivity contribution >= 4 is 16.8 Å². The Balaban J connectivity index is 1.34. The van der Waals surface area contributed by atoms with E-state index >= 15 is 0 Å². The smallest absolute Gasteiger partial charge is 0.224 e. The third-order valence-corrected chi connectivity index (χ3v) is 5.54. The molecule has 0 aliphatic carbocycles. The molecule has 3 aromatic rings. The number of hydrogen-bond donors (Lipinski definition) is 2. The van der Waals surface area contributed by atoms with Crippen molar-refractivity contribution in [2.45, 2.75) is 39.3 Å². The molecule has 1 saturated heterocycles. The molecular formula is C23H26FN3O. The molecule has 4 nitrogen and oxygen atoms in total. The van der Waals surface area contributed by atoms with Crippen molar-refractivity contribution in [2.24, 2.45) is 0 Å². The highest BCUT2D eigenvalue weighted by Crippen LogP contribution is 2.23. The van der Waals surface area contributed by atoms with E-state index in [1.807, 2.05) is 6.92 Å². The number of fused-ring (bicyclic) bond motifs is 1. The number of likely N-dealkylation sites (tertiary alicyclic amines) is 1. The van der Waals surface area contributed by atoms with Gasteiger partial charge >= 0.3 is 0 Å². The van der Waals surface area contributed by atoms with E-state index in [1.165, 1.54) is 43.6 Å². The first-order valence-electron chi connectivity index (χ1n) is 9.92. The third kappa shape index (κ3) is 4.25. The maximum atomic E-state index is 13.6. The molecule has 1 amide bonds. The fraction of sp³-hybridized carbons (Fsp3) is 0.348. The number of aryl methyl sites for hydroxylation is 1. The molecule has 0 radical (unpaired) electrons. The van der Waals surface area contributed by atoms with Crippen molar-refractivity contribution in [1.29, 1.82) is 0 Å². The molecule has 28 heavy (non-hydrogen) atoms. The Labute approximate surface area is 164 Å². The number of hydrogen-bond acceptors (Lipinski definition) is 2. The van der Waals surface area contributed by atoms with Crippen LogP contribution in [0.15, 0.2) is 42.5 Å². The minimum absolute atomic E-state index is 0.0607. The first-order chi connectivity index (χ1) is 13.6. The predicted molar refractivity (Wildman–Crippen MR) is 109 cm³/mol. The second-order valence-electron chi connectivity index (χ2n) is 7.67. The molecule has 0 bridgehead atoms. The summed E-state index contributed by atoms with van der Waals surface area (Å²) in [5.41, 5.74) is 5.01. The van der Waals surface area contributed by atoms with Crippen LogP contribution in [0.25, 0.3) is 10.9 Å². The predicted octanol–water partition coefficient (Wildman–Crippen LogP) is 4.07. The maximum absolute atomic E-state index is 13.6. The summed E-state index contributed by atoms with van der Waals surface area (Å²) in [6.07, 6.45) is 2.83. The lowest BCUT2D eigenvalue weighted by atomic mass is 10.1. The molecule has 1 aromatic heterocycles. The first-order valence-corrected chi connectivity index (χ1v) is 9.92. The summed E-state index contributed by atoms with van der Waals surface area (Å²) < 4.78 is 13.6. The number of H-pyrrole nitrogens is 1. The molecule has 0 spiro atoms. The number of nitrogens with zero attached hydrogens (tertiary/aromatic N) is 1. The van der Waals surface area contributed by atoms with Gasteiger partial charge in [-0.25, -0.2) is 4.39 Å². The van der Waals surface area contributed by atoms with Crippen LogP contribution in [0.3, 0.4) is 0 Å². The molecule has 2 heterocycles. The molecule has 2 N–H and O–H groups in total. The molecule has 1 fully saturated rings. The minimum atomic E-state index is -0.290. The highest BCUT2D eigenvalue weighted by molar-refractivity contribution is 5.90. The summed E-state index contributed by atoms with van der Waals surface area (Å²) in [4.78, 5) is 18.1. The number of nitrogens with one attached hydrogen (secondary N) is 2. The number of aromatic amines is 1. The largest absolute Gasteiger partial charge is 0.358 e. The van der Waals surface area contributed by atoms with Crippen LogP contribution in [0.4, 0.5) is 4.39 Å². The van der Waals surface area contributed by atoms with Crippen LogP contribution in [0.1, 0.15) is 35.2 Å². The van der Waals surface area contributed by atoms with E-state index < -0.39 is 0 Å². The molecule has 0 unspecified atom stereocenters. The van der Waals surface area contributed by atoms with E-state index in [0.717, 1.165) is 34.3 Å². The number of carbonyl (C=O) groups is 1. The molecule has 0 saturated carbocycles. The average molecular weight is 379 g/mol. The van der Waals surface area contributed by atoms with Gasteiger partial charge in [-0.05, 0) is 67.7 Å². The van der Waals surface area contributed by atoms with Gasteiger partial charge in [0.15, 0.2) is 0 Å². The van der Waals surface area contributed by atoms with Gasteiger partial charge in [0, 0.05) is 29.7 Å². The normalized spacial score (nSPS) is 14.6. The topological polar surface area (TPSA) is 48.1 Å². The molecule has 1 aliphatic rings. The van der Waals surface area contributed by atoms with Crippen molar-refractivity contribution in [1.82, 2.24) is 15.2 Å². The second kappa shape index (κ2) is 8.15. The fourth-order valence-corrected chi connectivity index (χ4v) is 3.97. The summed E-state index contributed by atoms with van der Waals surface area (Å²) in [5, 5.41) is 3.76. The van der Waals surface area contributed by atoms with Gasteiger partial charge in [0.05, 0.1) is 6.42 Å². The van der Waals surface area contributed by atoms with Crippen molar-refractivity contribution in [2.75, 3.05) is 13.1 Å². The Morgan fingerprint density at radius 1 is 1.11 bits per heavy atom. The van der Waals surface area contributed by atoms with Crippen LogP contribution >= 0.6 is 0 Å². The standard InChI is InChI=1S/C23H26FN3O/c1-16-20(21-12-19(24)8-9-22(21)26-16)13-23(28)25-14-17-4-6-18(7-5-17)15-27-10-2-3-11-27/h4-9,12,26H,2-3,10-11,13-15H2,1H3,(H,25,28). The zero-order chi connectivity index (χ0) is 19.5. The third-order valence-electron chi connectivity index (χ3n) is 5.54. The number of rotatable bonds is 6. The maximum Gasteiger partial charge on any atom is 0.224 e. The minimum Gasteiger partial charge on any atom is -0.358 e. The van der Waals surface area contributed by atoms with Crippen LogP contribution in [0.2, 0.25) is 0 Å². The van der Waals surface area contributed by atoms with E-state index in [0.29, 0.717) is 6.54 Å². The van der Waals surface area contributed by atoms with Crippen LogP contribution in [0, 0.1) is 12.7 Å². The van der Waals surface area contributed by atoms with E-state index in [1.54, 1.807) is 6.07 Å². The number of halogens is 1. The zero-order valence-corrected chi connectivity index (χ0v) is 16.2. The van der Waals surface area contributed by atoms with E-state index in [-0.39, 0.29) is 18.1 Å². The number of amides is 1. The number of carbonyl (C=O) groups excluding carboxylic acids is 1. The highest BCUT2D eigenvalue weighted by Gasteiger charge is 2.14. The van der Waals surface area contributed by atoms with Gasteiger partial charge in [-0.15, -0.1) is 0 Å². The van der Waals surface area contributed by atoms with Gasteiger partial charge in [-0.1, -0.05) is 24.3 Å². The molecule has 0 atom stereocenters. The van der Waals surface area contributed by atoms with Crippen molar-refractivity contribution in [3.63, 3.8) is 0 Å². The Hall–Kier alpha value is -2.66. The summed E-state index contributed by atoms with van der Waals surface area (Å²) in [5.74, 6) is -0.350. The summed E-state index contributed by atoms with van der Waals surface area (Å²) in [7, 11) is 0. The van der Waals surface area contributed by atoms with Crippen LogP contribution in [-0.4, -0.2) is 28.9 Å². The molecular weight excluding hydrogens is 353 g/mol.